The van der Waals surface area contributed by atoms with Crippen molar-refractivity contribution in [1.82, 2.24) is 10.2 Å². The van der Waals surface area contributed by atoms with Gasteiger partial charge in [-0.1, -0.05) is 55.0 Å². The first-order valence-corrected chi connectivity index (χ1v) is 16.1. The van der Waals surface area contributed by atoms with Crippen LogP contribution >= 0.6 is 0 Å². The number of hydrogen-bond acceptors (Lipinski definition) is 8. The van der Waals surface area contributed by atoms with Crippen LogP contribution in [0, 0.1) is 0 Å². The Labute approximate surface area is 266 Å². The lowest BCUT2D eigenvalue weighted by Crippen LogP contribution is -2.45. The summed E-state index contributed by atoms with van der Waals surface area (Å²) < 4.78 is 18.7. The number of aliphatic hydroxyl groups excluding tert-OH is 1. The zero-order chi connectivity index (χ0) is 32.4. The molecule has 0 saturated carbocycles. The van der Waals surface area contributed by atoms with E-state index in [-0.39, 0.29) is 43.2 Å². The summed E-state index contributed by atoms with van der Waals surface area (Å²) >= 11 is 0. The molecule has 1 amide bonds. The van der Waals surface area contributed by atoms with Crippen LogP contribution in [-0.4, -0.2) is 63.8 Å². The zero-order valence-corrected chi connectivity index (χ0v) is 26.7. The van der Waals surface area contributed by atoms with Gasteiger partial charge >= 0.3 is 11.9 Å². The fourth-order valence-electron chi connectivity index (χ4n) is 5.80. The maximum Gasteiger partial charge on any atom is 0.323 e. The van der Waals surface area contributed by atoms with Gasteiger partial charge in [-0.3, -0.25) is 19.3 Å². The number of nitrogens with zero attached hydrogens (tertiary/aromatic N) is 1. The third-order valence-electron chi connectivity index (χ3n) is 8.13. The summed E-state index contributed by atoms with van der Waals surface area (Å²) in [7, 11) is 0. The monoisotopic (exact) mass is 624 g/mol. The highest BCUT2D eigenvalue weighted by Crippen LogP contribution is 2.39. The number of likely N-dealkylation sites (tertiary alicyclic amines) is 1. The van der Waals surface area contributed by atoms with Crippen molar-refractivity contribution in [3.63, 3.8) is 0 Å². The highest BCUT2D eigenvalue weighted by molar-refractivity contribution is 5.76. The van der Waals surface area contributed by atoms with E-state index in [0.717, 1.165) is 41.6 Å². The van der Waals surface area contributed by atoms with Gasteiger partial charge in [0.15, 0.2) is 6.29 Å². The molecule has 45 heavy (non-hydrogen) atoms. The van der Waals surface area contributed by atoms with Crippen LogP contribution in [0.25, 0.3) is 0 Å². The molecule has 0 aliphatic carbocycles. The average Bonchev–Trinajstić information content (AvgIpc) is 3.47. The molecule has 2 aromatic rings. The van der Waals surface area contributed by atoms with E-state index in [2.05, 4.69) is 10.2 Å². The SMILES string of the molecule is CC(C)(C)OC(=O)[C@@H]1CCCN1C[C@@H]1C[C@H](c2ccc(CO)cc2)O[C@H](c2ccc(CNC(=O)CCCCCC(=O)O)cc2)O1. The fraction of sp³-hybridized carbons (Fsp3) is 0.571. The predicted octanol–water partition coefficient (Wildman–Crippen LogP) is 5.18. The minimum atomic E-state index is -0.812. The number of hydrogen-bond donors (Lipinski definition) is 3. The number of carbonyl (C=O) groups is 3. The highest BCUT2D eigenvalue weighted by Gasteiger charge is 2.38. The molecule has 4 rings (SSSR count). The molecule has 0 spiro atoms. The van der Waals surface area contributed by atoms with Crippen LogP contribution in [0.4, 0.5) is 0 Å². The quantitative estimate of drug-likeness (QED) is 0.192. The Balaban J connectivity index is 1.39. The predicted molar refractivity (Wildman–Crippen MR) is 168 cm³/mol. The molecule has 2 fully saturated rings. The van der Waals surface area contributed by atoms with Crippen LogP contribution in [-0.2, 0) is 41.7 Å². The van der Waals surface area contributed by atoms with Gasteiger partial charge in [0.2, 0.25) is 5.91 Å². The Morgan fingerprint density at radius 2 is 1.60 bits per heavy atom. The summed E-state index contributed by atoms with van der Waals surface area (Å²) in [4.78, 5) is 38.0. The number of aliphatic hydroxyl groups is 1. The van der Waals surface area contributed by atoms with Gasteiger partial charge in [-0.2, -0.15) is 0 Å². The van der Waals surface area contributed by atoms with Crippen molar-refractivity contribution in [3.05, 3.63) is 70.8 Å². The summed E-state index contributed by atoms with van der Waals surface area (Å²) in [6.07, 6.45) is 3.70. The number of nitrogens with one attached hydrogen (secondary N) is 1. The lowest BCUT2D eigenvalue weighted by atomic mass is 9.99. The summed E-state index contributed by atoms with van der Waals surface area (Å²) in [6.45, 7) is 7.40. The van der Waals surface area contributed by atoms with E-state index >= 15 is 0 Å². The molecule has 0 bridgehead atoms. The Kier molecular flexibility index (Phi) is 12.5. The Morgan fingerprint density at radius 1 is 0.933 bits per heavy atom. The van der Waals surface area contributed by atoms with Crippen molar-refractivity contribution in [2.45, 2.75) is 115 Å². The van der Waals surface area contributed by atoms with Crippen molar-refractivity contribution in [2.24, 2.45) is 0 Å². The maximum absolute atomic E-state index is 13.0. The number of unbranched alkanes of at least 4 members (excludes halogenated alkanes) is 2. The van der Waals surface area contributed by atoms with Crippen LogP contribution in [0.5, 0.6) is 0 Å². The first-order chi connectivity index (χ1) is 21.5. The largest absolute Gasteiger partial charge is 0.481 e. The molecule has 10 nitrogen and oxygen atoms in total. The number of rotatable bonds is 14. The van der Waals surface area contributed by atoms with E-state index in [4.69, 9.17) is 19.3 Å². The standard InChI is InChI=1S/C35H48N2O8/c1-35(2,3)45-33(42)29-8-7-19-37(29)22-28-20-30(26-15-13-25(23-38)14-16-26)44-34(43-28)27-17-11-24(12-18-27)21-36-31(39)9-5-4-6-10-32(40)41/h11-18,28-30,34,38H,4-10,19-23H2,1-3H3,(H,36,39)(H,40,41)/t28-,29-,30+,34+/m0/s1. The molecule has 0 radical (unpaired) electrons. The first kappa shape index (κ1) is 34.6. The normalized spacial score (nSPS) is 22.2. The second kappa shape index (κ2) is 16.3. The lowest BCUT2D eigenvalue weighted by molar-refractivity contribution is -0.253. The molecule has 2 aliphatic rings. The van der Waals surface area contributed by atoms with Gasteiger partial charge in [0.05, 0.1) is 18.8 Å². The molecule has 2 heterocycles. The van der Waals surface area contributed by atoms with Gasteiger partial charge in [-0.15, -0.1) is 0 Å². The number of carbonyl (C=O) groups excluding carboxylic acids is 2. The molecular weight excluding hydrogens is 576 g/mol. The van der Waals surface area contributed by atoms with E-state index in [1.807, 2.05) is 69.3 Å². The third kappa shape index (κ3) is 10.9. The number of esters is 1. The van der Waals surface area contributed by atoms with Gasteiger partial charge in [0.1, 0.15) is 11.6 Å². The lowest BCUT2D eigenvalue weighted by Gasteiger charge is -2.38. The molecule has 0 aromatic heterocycles. The van der Waals surface area contributed by atoms with Gasteiger partial charge in [-0.05, 0) is 69.7 Å². The minimum absolute atomic E-state index is 0.0270. The van der Waals surface area contributed by atoms with Gasteiger partial charge < -0.3 is 29.7 Å². The second-order valence-corrected chi connectivity index (χ2v) is 13.0. The van der Waals surface area contributed by atoms with Crippen molar-refractivity contribution < 1.29 is 38.8 Å². The summed E-state index contributed by atoms with van der Waals surface area (Å²) in [5, 5.41) is 21.2. The molecular formula is C35H48N2O8. The molecule has 0 unspecified atom stereocenters. The van der Waals surface area contributed by atoms with E-state index in [9.17, 15) is 19.5 Å². The van der Waals surface area contributed by atoms with Gasteiger partial charge in [-0.25, -0.2) is 0 Å². The fourth-order valence-corrected chi connectivity index (χ4v) is 5.80. The molecule has 2 aromatic carbocycles. The summed E-state index contributed by atoms with van der Waals surface area (Å²) in [5.74, 6) is -1.06. The molecule has 2 aliphatic heterocycles. The van der Waals surface area contributed by atoms with E-state index in [1.54, 1.807) is 0 Å². The summed E-state index contributed by atoms with van der Waals surface area (Å²) in [6, 6.07) is 15.3. The molecule has 3 N–H and O–H groups in total. The zero-order valence-electron chi connectivity index (χ0n) is 26.7. The number of carboxylic acid groups (broad SMARTS) is 1. The highest BCUT2D eigenvalue weighted by atomic mass is 16.7. The first-order valence-electron chi connectivity index (χ1n) is 16.1. The maximum atomic E-state index is 13.0. The van der Waals surface area contributed by atoms with Crippen LogP contribution in [0.1, 0.15) is 107 Å². The van der Waals surface area contributed by atoms with Crippen LogP contribution < -0.4 is 5.32 Å². The van der Waals surface area contributed by atoms with Crippen LogP contribution in [0.15, 0.2) is 48.5 Å². The topological polar surface area (TPSA) is 135 Å². The average molecular weight is 625 g/mol. The minimum Gasteiger partial charge on any atom is -0.481 e. The van der Waals surface area contributed by atoms with Gasteiger partial charge in [0.25, 0.3) is 0 Å². The number of amides is 1. The number of aliphatic carboxylic acids is 1. The van der Waals surface area contributed by atoms with Crippen molar-refractivity contribution in [2.75, 3.05) is 13.1 Å². The van der Waals surface area contributed by atoms with Gasteiger partial charge in [0, 0.05) is 37.9 Å². The third-order valence-corrected chi connectivity index (χ3v) is 8.13. The molecule has 246 valence electrons. The summed E-state index contributed by atoms with van der Waals surface area (Å²) in [5.41, 5.74) is 3.08. The number of carboxylic acids is 1. The van der Waals surface area contributed by atoms with E-state index in [0.29, 0.717) is 45.2 Å². The van der Waals surface area contributed by atoms with Crippen molar-refractivity contribution in [3.8, 4) is 0 Å². The van der Waals surface area contributed by atoms with E-state index in [1.165, 1.54) is 0 Å². The van der Waals surface area contributed by atoms with Crippen LogP contribution in [0.2, 0.25) is 0 Å². The second-order valence-electron chi connectivity index (χ2n) is 13.0. The number of benzene rings is 2. The molecule has 4 atom stereocenters. The number of ether oxygens (including phenoxy) is 3. The Bertz CT molecular complexity index is 1260. The van der Waals surface area contributed by atoms with Crippen molar-refractivity contribution >= 4 is 17.8 Å². The van der Waals surface area contributed by atoms with Crippen LogP contribution in [0.3, 0.4) is 0 Å². The molecule has 2 saturated heterocycles. The van der Waals surface area contributed by atoms with E-state index < -0.39 is 17.9 Å². The molecule has 10 heteroatoms. The van der Waals surface area contributed by atoms with Crippen molar-refractivity contribution in [1.29, 1.82) is 0 Å². The smallest absolute Gasteiger partial charge is 0.323 e. The Hall–Kier alpha value is -3.31. The Morgan fingerprint density at radius 3 is 2.27 bits per heavy atom.